The van der Waals surface area contributed by atoms with Crippen LogP contribution in [0.1, 0.15) is 33.9 Å². The molecule has 1 heterocycles. The third-order valence-electron chi connectivity index (χ3n) is 5.86. The van der Waals surface area contributed by atoms with Crippen molar-refractivity contribution < 1.29 is 19.4 Å². The van der Waals surface area contributed by atoms with Crippen LogP contribution in [0.3, 0.4) is 0 Å². The molecule has 1 unspecified atom stereocenters. The predicted octanol–water partition coefficient (Wildman–Crippen LogP) is 6.55. The second kappa shape index (κ2) is 9.16. The van der Waals surface area contributed by atoms with Crippen molar-refractivity contribution in [3.63, 3.8) is 0 Å². The number of aryl methyl sites for hydroxylation is 3. The molecular weight excluding hydrogens is 473 g/mol. The summed E-state index contributed by atoms with van der Waals surface area (Å²) in [6.45, 7) is 5.66. The quantitative estimate of drug-likeness (QED) is 0.253. The Kier molecular flexibility index (Phi) is 6.43. The fourth-order valence-electron chi connectivity index (χ4n) is 4.44. The fraction of sp³-hybridized carbons (Fsp3) is 0.185. The molecule has 1 fully saturated rings. The number of methoxy groups -OCH3 is 1. The summed E-state index contributed by atoms with van der Waals surface area (Å²) in [5, 5.41) is 12.1. The van der Waals surface area contributed by atoms with Crippen molar-refractivity contribution in [1.82, 2.24) is 0 Å². The van der Waals surface area contributed by atoms with Gasteiger partial charge in [-0.25, -0.2) is 0 Å². The number of Topliss-reactive ketones (excluding diaryl/α,β-unsaturated/α-hetero) is 1. The Labute approximate surface area is 208 Å². The lowest BCUT2D eigenvalue weighted by atomic mass is 9.93. The van der Waals surface area contributed by atoms with Gasteiger partial charge in [-0.05, 0) is 61.7 Å². The number of aliphatic hydroxyl groups excluding tert-OH is 1. The molecule has 1 amide bonds. The van der Waals surface area contributed by atoms with Gasteiger partial charge in [0.1, 0.15) is 11.5 Å². The molecule has 3 aromatic rings. The highest BCUT2D eigenvalue weighted by Gasteiger charge is 2.47. The molecule has 0 saturated carbocycles. The number of amides is 1. The first-order valence-electron chi connectivity index (χ1n) is 10.6. The van der Waals surface area contributed by atoms with Gasteiger partial charge < -0.3 is 9.84 Å². The summed E-state index contributed by atoms with van der Waals surface area (Å²) < 4.78 is 5.54. The number of nitrogens with zero attached hydrogens (tertiary/aromatic N) is 1. The van der Waals surface area contributed by atoms with E-state index in [0.717, 1.165) is 16.7 Å². The van der Waals surface area contributed by atoms with Gasteiger partial charge in [-0.3, -0.25) is 14.5 Å². The van der Waals surface area contributed by atoms with E-state index in [-0.39, 0.29) is 16.4 Å². The van der Waals surface area contributed by atoms with Gasteiger partial charge in [0.25, 0.3) is 11.7 Å². The van der Waals surface area contributed by atoms with E-state index < -0.39 is 17.7 Å². The number of ketones is 1. The predicted molar refractivity (Wildman–Crippen MR) is 135 cm³/mol. The maximum Gasteiger partial charge on any atom is 0.300 e. The summed E-state index contributed by atoms with van der Waals surface area (Å²) in [4.78, 5) is 28.1. The Morgan fingerprint density at radius 1 is 0.941 bits per heavy atom. The Morgan fingerprint density at radius 3 is 2.32 bits per heavy atom. The molecule has 0 spiro atoms. The Morgan fingerprint density at radius 2 is 1.68 bits per heavy atom. The number of anilines is 1. The molecule has 1 N–H and O–H groups in total. The van der Waals surface area contributed by atoms with E-state index in [4.69, 9.17) is 27.9 Å². The van der Waals surface area contributed by atoms with Crippen LogP contribution in [0, 0.1) is 20.8 Å². The average molecular weight is 496 g/mol. The Balaban J connectivity index is 2.02. The van der Waals surface area contributed by atoms with Crippen LogP contribution >= 0.6 is 23.2 Å². The minimum Gasteiger partial charge on any atom is -0.507 e. The zero-order valence-corrected chi connectivity index (χ0v) is 20.7. The molecule has 0 radical (unpaired) electrons. The van der Waals surface area contributed by atoms with Gasteiger partial charge in [0, 0.05) is 5.69 Å². The van der Waals surface area contributed by atoms with E-state index in [9.17, 15) is 14.7 Å². The van der Waals surface area contributed by atoms with Gasteiger partial charge in [0.05, 0.1) is 34.3 Å². The number of carbonyl (C=O) groups is 2. The molecular formula is C27H23Cl2NO4. The molecule has 34 heavy (non-hydrogen) atoms. The zero-order chi connectivity index (χ0) is 24.7. The Hall–Kier alpha value is -3.28. The summed E-state index contributed by atoms with van der Waals surface area (Å²) in [5.74, 6) is -1.42. The van der Waals surface area contributed by atoms with Crippen molar-refractivity contribution in [1.29, 1.82) is 0 Å². The molecule has 1 aliphatic heterocycles. The summed E-state index contributed by atoms with van der Waals surface area (Å²) >= 11 is 12.3. The molecule has 0 aliphatic carbocycles. The highest BCUT2D eigenvalue weighted by Crippen LogP contribution is 2.44. The number of benzene rings is 3. The van der Waals surface area contributed by atoms with Gasteiger partial charge in [0.2, 0.25) is 0 Å². The minimum absolute atomic E-state index is 0.0232. The molecule has 7 heteroatoms. The van der Waals surface area contributed by atoms with Crippen LogP contribution in [-0.4, -0.2) is 23.9 Å². The van der Waals surface area contributed by atoms with Gasteiger partial charge in [-0.2, -0.15) is 0 Å². The summed E-state index contributed by atoms with van der Waals surface area (Å²) in [7, 11) is 1.50. The van der Waals surface area contributed by atoms with Crippen molar-refractivity contribution in [2.45, 2.75) is 26.8 Å². The topological polar surface area (TPSA) is 66.8 Å². The number of hydrogen-bond acceptors (Lipinski definition) is 4. The second-order valence-electron chi connectivity index (χ2n) is 8.34. The number of ether oxygens (including phenoxy) is 1. The maximum atomic E-state index is 13.4. The van der Waals surface area contributed by atoms with Gasteiger partial charge in [0.15, 0.2) is 0 Å². The summed E-state index contributed by atoms with van der Waals surface area (Å²) in [6, 6.07) is 15.0. The van der Waals surface area contributed by atoms with E-state index in [0.29, 0.717) is 27.6 Å². The second-order valence-corrected chi connectivity index (χ2v) is 9.16. The third kappa shape index (κ3) is 4.06. The minimum atomic E-state index is -0.873. The third-order valence-corrected chi connectivity index (χ3v) is 6.60. The van der Waals surface area contributed by atoms with E-state index in [1.54, 1.807) is 18.2 Å². The molecule has 0 aromatic heterocycles. The number of hydrogen-bond donors (Lipinski definition) is 1. The Bertz CT molecular complexity index is 1360. The van der Waals surface area contributed by atoms with Gasteiger partial charge >= 0.3 is 0 Å². The fourth-order valence-corrected chi connectivity index (χ4v) is 4.73. The van der Waals surface area contributed by atoms with E-state index in [1.165, 1.54) is 18.1 Å². The van der Waals surface area contributed by atoms with Crippen molar-refractivity contribution in [3.05, 3.63) is 98.0 Å². The van der Waals surface area contributed by atoms with Crippen LogP contribution < -0.4 is 9.64 Å². The van der Waals surface area contributed by atoms with Crippen LogP contribution in [0.15, 0.2) is 60.2 Å². The number of halogens is 2. The normalized spacial score (nSPS) is 17.4. The summed E-state index contributed by atoms with van der Waals surface area (Å²) in [5.41, 5.74) is 4.03. The van der Waals surface area contributed by atoms with Crippen LogP contribution in [0.25, 0.3) is 5.76 Å². The lowest BCUT2D eigenvalue weighted by Crippen LogP contribution is -2.29. The largest absolute Gasteiger partial charge is 0.507 e. The van der Waals surface area contributed by atoms with Crippen LogP contribution in [0.4, 0.5) is 5.69 Å². The first kappa shape index (κ1) is 23.9. The monoisotopic (exact) mass is 495 g/mol. The van der Waals surface area contributed by atoms with E-state index >= 15 is 0 Å². The van der Waals surface area contributed by atoms with Crippen molar-refractivity contribution in [3.8, 4) is 5.75 Å². The number of carbonyl (C=O) groups excluding carboxylic acids is 2. The average Bonchev–Trinajstić information content (AvgIpc) is 3.05. The standard InChI is InChI=1S/C27H23Cl2NO4/c1-14-6-5-7-17(11-14)23-22(24(31)19-12-15(2)10-16(3)26(19)34-4)25(32)27(33)30(23)18-8-9-20(28)21(29)13-18/h5-13,23,31H,1-4H3/b24-22+. The molecule has 1 atom stereocenters. The van der Waals surface area contributed by atoms with E-state index in [1.807, 2.05) is 51.1 Å². The lowest BCUT2D eigenvalue weighted by Gasteiger charge is -2.26. The van der Waals surface area contributed by atoms with E-state index in [2.05, 4.69) is 0 Å². The molecule has 1 aliphatic rings. The smallest absolute Gasteiger partial charge is 0.300 e. The summed E-state index contributed by atoms with van der Waals surface area (Å²) in [6.07, 6.45) is 0. The lowest BCUT2D eigenvalue weighted by molar-refractivity contribution is -0.132. The number of aliphatic hydroxyl groups is 1. The molecule has 1 saturated heterocycles. The SMILES string of the molecule is COc1c(C)cc(C)cc1/C(O)=C1\C(=O)C(=O)N(c2ccc(Cl)c(Cl)c2)C1c1cccc(C)c1. The highest BCUT2D eigenvalue weighted by atomic mass is 35.5. The molecule has 5 nitrogen and oxygen atoms in total. The van der Waals surface area contributed by atoms with Crippen LogP contribution in [-0.2, 0) is 9.59 Å². The van der Waals surface area contributed by atoms with Crippen molar-refractivity contribution in [2.24, 2.45) is 0 Å². The zero-order valence-electron chi connectivity index (χ0n) is 19.1. The molecule has 4 rings (SSSR count). The molecule has 3 aromatic carbocycles. The number of rotatable bonds is 4. The first-order valence-corrected chi connectivity index (χ1v) is 11.4. The van der Waals surface area contributed by atoms with Crippen molar-refractivity contribution in [2.75, 3.05) is 12.0 Å². The van der Waals surface area contributed by atoms with Gasteiger partial charge in [-0.15, -0.1) is 0 Å². The maximum absolute atomic E-state index is 13.4. The molecule has 0 bridgehead atoms. The molecule has 174 valence electrons. The van der Waals surface area contributed by atoms with Crippen LogP contribution in [0.2, 0.25) is 10.0 Å². The van der Waals surface area contributed by atoms with Gasteiger partial charge in [-0.1, -0.05) is 59.1 Å². The van der Waals surface area contributed by atoms with Crippen LogP contribution in [0.5, 0.6) is 5.75 Å². The van der Waals surface area contributed by atoms with Crippen molar-refractivity contribution >= 4 is 46.3 Å². The first-order chi connectivity index (χ1) is 16.1. The highest BCUT2D eigenvalue weighted by molar-refractivity contribution is 6.52.